The van der Waals surface area contributed by atoms with Gasteiger partial charge >= 0.3 is 0 Å². The summed E-state index contributed by atoms with van der Waals surface area (Å²) in [5.41, 5.74) is 1.83. The molecule has 2 aromatic rings. The molecule has 8 heteroatoms. The number of rotatable bonds is 7. The molecule has 1 amide bonds. The van der Waals surface area contributed by atoms with Gasteiger partial charge in [0, 0.05) is 49.5 Å². The summed E-state index contributed by atoms with van der Waals surface area (Å²) in [5, 5.41) is 6.58. The van der Waals surface area contributed by atoms with E-state index in [1.54, 1.807) is 0 Å². The summed E-state index contributed by atoms with van der Waals surface area (Å²) in [6, 6.07) is 3.95. The SMILES string of the molecule is CCNC(=NCc1cn2cc(Br)ccc2n1)NCCCN1CCCC1=O. The Morgan fingerprint density at radius 2 is 2.23 bits per heavy atom. The number of halogens is 1. The Labute approximate surface area is 162 Å². The molecular formula is C18H25BrN6O. The van der Waals surface area contributed by atoms with Crippen molar-refractivity contribution in [3.63, 3.8) is 0 Å². The Kier molecular flexibility index (Phi) is 6.49. The summed E-state index contributed by atoms with van der Waals surface area (Å²) < 4.78 is 3.01. The molecule has 0 saturated carbocycles. The zero-order valence-electron chi connectivity index (χ0n) is 15.0. The number of imidazole rings is 1. The summed E-state index contributed by atoms with van der Waals surface area (Å²) in [4.78, 5) is 22.8. The molecule has 3 heterocycles. The molecule has 2 aromatic heterocycles. The first-order valence-corrected chi connectivity index (χ1v) is 9.88. The Morgan fingerprint density at radius 3 is 3.00 bits per heavy atom. The normalized spacial score (nSPS) is 15.1. The standard InChI is InChI=1S/C18H25BrN6O/c1-2-20-18(21-8-4-10-24-9-3-5-17(24)26)22-11-15-13-25-12-14(19)6-7-16(25)23-15/h6-7,12-13H,2-5,8-11H2,1H3,(H2,20,21,22). The molecule has 0 radical (unpaired) electrons. The van der Waals surface area contributed by atoms with Crippen molar-refractivity contribution in [3.8, 4) is 0 Å². The first-order chi connectivity index (χ1) is 12.7. The zero-order valence-corrected chi connectivity index (χ0v) is 16.6. The molecule has 0 aliphatic carbocycles. The van der Waals surface area contributed by atoms with Crippen LogP contribution in [0.25, 0.3) is 5.65 Å². The predicted octanol–water partition coefficient (Wildman–Crippen LogP) is 2.16. The fourth-order valence-corrected chi connectivity index (χ4v) is 3.37. The number of carbonyl (C=O) groups is 1. The van der Waals surface area contributed by atoms with Gasteiger partial charge in [0.25, 0.3) is 0 Å². The Hall–Kier alpha value is -2.09. The summed E-state index contributed by atoms with van der Waals surface area (Å²) >= 11 is 3.47. The minimum absolute atomic E-state index is 0.282. The largest absolute Gasteiger partial charge is 0.357 e. The van der Waals surface area contributed by atoms with Gasteiger partial charge in [-0.1, -0.05) is 0 Å². The number of pyridine rings is 1. The van der Waals surface area contributed by atoms with Crippen molar-refractivity contribution in [1.82, 2.24) is 24.9 Å². The van der Waals surface area contributed by atoms with Crippen LogP contribution in [0.15, 0.2) is 34.0 Å². The van der Waals surface area contributed by atoms with E-state index in [-0.39, 0.29) is 5.91 Å². The van der Waals surface area contributed by atoms with Gasteiger partial charge < -0.3 is 19.9 Å². The third-order valence-electron chi connectivity index (χ3n) is 4.28. The van der Waals surface area contributed by atoms with Crippen LogP contribution in [-0.4, -0.2) is 52.3 Å². The lowest BCUT2D eigenvalue weighted by Gasteiger charge is -2.16. The van der Waals surface area contributed by atoms with E-state index < -0.39 is 0 Å². The Morgan fingerprint density at radius 1 is 1.35 bits per heavy atom. The number of amides is 1. The number of fused-ring (bicyclic) bond motifs is 1. The number of aliphatic imine (C=N–C) groups is 1. The van der Waals surface area contributed by atoms with Crippen LogP contribution in [0.1, 0.15) is 31.9 Å². The van der Waals surface area contributed by atoms with Crippen LogP contribution < -0.4 is 10.6 Å². The third-order valence-corrected chi connectivity index (χ3v) is 4.75. The van der Waals surface area contributed by atoms with Crippen LogP contribution in [0.3, 0.4) is 0 Å². The zero-order chi connectivity index (χ0) is 18.4. The molecule has 1 saturated heterocycles. The molecule has 0 aromatic carbocycles. The minimum Gasteiger partial charge on any atom is -0.357 e. The highest BCUT2D eigenvalue weighted by molar-refractivity contribution is 9.10. The Bertz CT molecular complexity index is 787. The maximum absolute atomic E-state index is 11.6. The van der Waals surface area contributed by atoms with Gasteiger partial charge in [0.1, 0.15) is 5.65 Å². The average molecular weight is 421 g/mol. The molecule has 1 fully saturated rings. The molecule has 0 unspecified atom stereocenters. The molecule has 1 aliphatic rings. The number of guanidine groups is 1. The Balaban J connectivity index is 1.51. The highest BCUT2D eigenvalue weighted by Gasteiger charge is 2.18. The number of hydrogen-bond donors (Lipinski definition) is 2. The first-order valence-electron chi connectivity index (χ1n) is 9.09. The van der Waals surface area contributed by atoms with Crippen LogP contribution in [-0.2, 0) is 11.3 Å². The van der Waals surface area contributed by atoms with Crippen LogP contribution >= 0.6 is 15.9 Å². The van der Waals surface area contributed by atoms with Crippen molar-refractivity contribution in [2.24, 2.45) is 4.99 Å². The maximum atomic E-state index is 11.6. The number of likely N-dealkylation sites (tertiary alicyclic amines) is 1. The quantitative estimate of drug-likeness (QED) is 0.408. The van der Waals surface area contributed by atoms with Crippen molar-refractivity contribution >= 4 is 33.4 Å². The van der Waals surface area contributed by atoms with Crippen molar-refractivity contribution in [2.75, 3.05) is 26.2 Å². The molecule has 2 N–H and O–H groups in total. The van der Waals surface area contributed by atoms with Gasteiger partial charge in [0.05, 0.1) is 12.2 Å². The van der Waals surface area contributed by atoms with Crippen molar-refractivity contribution in [3.05, 3.63) is 34.7 Å². The number of carbonyl (C=O) groups excluding carboxylic acids is 1. The number of hydrogen-bond acceptors (Lipinski definition) is 3. The lowest BCUT2D eigenvalue weighted by atomic mass is 10.4. The molecule has 0 atom stereocenters. The highest BCUT2D eigenvalue weighted by atomic mass is 79.9. The lowest BCUT2D eigenvalue weighted by Crippen LogP contribution is -2.39. The second-order valence-electron chi connectivity index (χ2n) is 6.30. The summed E-state index contributed by atoms with van der Waals surface area (Å²) in [5.74, 6) is 1.06. The van der Waals surface area contributed by atoms with Crippen LogP contribution in [0, 0.1) is 0 Å². The van der Waals surface area contributed by atoms with Crippen molar-refractivity contribution in [2.45, 2.75) is 32.7 Å². The van der Waals surface area contributed by atoms with Gasteiger partial charge in [0.15, 0.2) is 5.96 Å². The summed E-state index contributed by atoms with van der Waals surface area (Å²) in [6.45, 7) is 5.85. The van der Waals surface area contributed by atoms with Gasteiger partial charge in [0.2, 0.25) is 5.91 Å². The van der Waals surface area contributed by atoms with Gasteiger partial charge in [-0.25, -0.2) is 9.98 Å². The van der Waals surface area contributed by atoms with E-state index in [1.165, 1.54) is 0 Å². The lowest BCUT2D eigenvalue weighted by molar-refractivity contribution is -0.127. The fraction of sp³-hybridized carbons (Fsp3) is 0.500. The number of nitrogens with one attached hydrogen (secondary N) is 2. The van der Waals surface area contributed by atoms with Crippen LogP contribution in [0.4, 0.5) is 0 Å². The van der Waals surface area contributed by atoms with Crippen molar-refractivity contribution in [1.29, 1.82) is 0 Å². The molecule has 1 aliphatic heterocycles. The molecule has 140 valence electrons. The summed E-state index contributed by atoms with van der Waals surface area (Å²) in [6.07, 6.45) is 6.59. The second kappa shape index (κ2) is 9.02. The molecular weight excluding hydrogens is 396 g/mol. The van der Waals surface area contributed by atoms with E-state index in [1.807, 2.05) is 40.8 Å². The van der Waals surface area contributed by atoms with E-state index in [0.29, 0.717) is 13.0 Å². The average Bonchev–Trinajstić information content (AvgIpc) is 3.21. The van der Waals surface area contributed by atoms with Crippen LogP contribution in [0.5, 0.6) is 0 Å². The number of nitrogens with zero attached hydrogens (tertiary/aromatic N) is 4. The van der Waals surface area contributed by atoms with E-state index >= 15 is 0 Å². The van der Waals surface area contributed by atoms with Gasteiger partial charge in [-0.2, -0.15) is 0 Å². The third kappa shape index (κ3) is 4.97. The monoisotopic (exact) mass is 420 g/mol. The van der Waals surface area contributed by atoms with Crippen molar-refractivity contribution < 1.29 is 4.79 Å². The van der Waals surface area contributed by atoms with E-state index in [0.717, 1.165) is 60.8 Å². The fourth-order valence-electron chi connectivity index (χ4n) is 3.01. The van der Waals surface area contributed by atoms with E-state index in [9.17, 15) is 4.79 Å². The highest BCUT2D eigenvalue weighted by Crippen LogP contribution is 2.13. The van der Waals surface area contributed by atoms with Gasteiger partial charge in [-0.3, -0.25) is 4.79 Å². The molecule has 0 spiro atoms. The van der Waals surface area contributed by atoms with E-state index in [2.05, 4.69) is 36.5 Å². The van der Waals surface area contributed by atoms with Gasteiger partial charge in [-0.05, 0) is 47.8 Å². The first kappa shape index (κ1) is 18.7. The predicted molar refractivity (Wildman–Crippen MR) is 106 cm³/mol. The van der Waals surface area contributed by atoms with Gasteiger partial charge in [-0.15, -0.1) is 0 Å². The summed E-state index contributed by atoms with van der Waals surface area (Å²) in [7, 11) is 0. The smallest absolute Gasteiger partial charge is 0.222 e. The molecule has 7 nitrogen and oxygen atoms in total. The molecule has 26 heavy (non-hydrogen) atoms. The molecule has 0 bridgehead atoms. The van der Waals surface area contributed by atoms with Crippen LogP contribution in [0.2, 0.25) is 0 Å². The van der Waals surface area contributed by atoms with E-state index in [4.69, 9.17) is 0 Å². The second-order valence-corrected chi connectivity index (χ2v) is 7.22. The topological polar surface area (TPSA) is 74.0 Å². The number of aromatic nitrogens is 2. The molecule has 3 rings (SSSR count). The maximum Gasteiger partial charge on any atom is 0.222 e. The minimum atomic E-state index is 0.282.